The number of rotatable bonds is 6. The van der Waals surface area contributed by atoms with Crippen LogP contribution in [-0.4, -0.2) is 16.1 Å². The molecule has 0 saturated heterocycles. The second kappa shape index (κ2) is 7.94. The van der Waals surface area contributed by atoms with Crippen LogP contribution in [0.25, 0.3) is 11.0 Å². The number of benzene rings is 2. The largest absolute Gasteiger partial charge is 0.464 e. The molecule has 1 amide bonds. The highest BCUT2D eigenvalue weighted by Gasteiger charge is 2.13. The molecule has 27 heavy (non-hydrogen) atoms. The summed E-state index contributed by atoms with van der Waals surface area (Å²) in [5.74, 6) is 0.693. The minimum absolute atomic E-state index is 0.131. The average molecular weight is 396 g/mol. The van der Waals surface area contributed by atoms with E-state index in [-0.39, 0.29) is 12.3 Å². The number of thioether (sulfide) groups is 1. The van der Waals surface area contributed by atoms with E-state index in [2.05, 4.69) is 27.6 Å². The van der Waals surface area contributed by atoms with Gasteiger partial charge in [0, 0.05) is 16.7 Å². The lowest BCUT2D eigenvalue weighted by Gasteiger charge is -2.00. The summed E-state index contributed by atoms with van der Waals surface area (Å²) in [6.45, 7) is 2.01. The maximum atomic E-state index is 12.4. The lowest BCUT2D eigenvalue weighted by molar-refractivity contribution is -0.115. The zero-order valence-corrected chi connectivity index (χ0v) is 16.3. The van der Waals surface area contributed by atoms with Crippen molar-refractivity contribution in [1.29, 1.82) is 0 Å². The van der Waals surface area contributed by atoms with Crippen molar-refractivity contribution in [3.8, 4) is 0 Å². The van der Waals surface area contributed by atoms with Gasteiger partial charge in [-0.3, -0.25) is 4.79 Å². The van der Waals surface area contributed by atoms with Crippen molar-refractivity contribution >= 4 is 45.1 Å². The van der Waals surface area contributed by atoms with Gasteiger partial charge in [-0.15, -0.1) is 10.2 Å². The molecule has 2 aromatic carbocycles. The van der Waals surface area contributed by atoms with Crippen LogP contribution in [0.5, 0.6) is 0 Å². The van der Waals surface area contributed by atoms with Gasteiger partial charge in [-0.2, -0.15) is 0 Å². The fourth-order valence-electron chi connectivity index (χ4n) is 2.70. The first kappa shape index (κ1) is 17.8. The highest BCUT2D eigenvalue weighted by molar-refractivity contribution is 8.00. The normalized spacial score (nSPS) is 11.0. The van der Waals surface area contributed by atoms with Gasteiger partial charge < -0.3 is 9.73 Å². The molecule has 5 nitrogen and oxygen atoms in total. The third kappa shape index (κ3) is 4.37. The number of hydrogen-bond donors (Lipinski definition) is 1. The van der Waals surface area contributed by atoms with E-state index < -0.39 is 0 Å². The Morgan fingerprint density at radius 3 is 2.89 bits per heavy atom. The first-order chi connectivity index (χ1) is 13.2. The standard InChI is InChI=1S/C20H17N3O2S2/c1-13-7-8-16-15(11-25-17(16)9-13)10-18(24)21-19-22-23-20(27-19)26-12-14-5-3-2-4-6-14/h2-9,11H,10,12H2,1H3,(H,21,22,24). The Labute approximate surface area is 164 Å². The van der Waals surface area contributed by atoms with Crippen LogP contribution in [0.1, 0.15) is 16.7 Å². The van der Waals surface area contributed by atoms with Gasteiger partial charge in [0.1, 0.15) is 5.58 Å². The number of hydrogen-bond acceptors (Lipinski definition) is 6. The van der Waals surface area contributed by atoms with Crippen molar-refractivity contribution < 1.29 is 9.21 Å². The molecule has 2 aromatic heterocycles. The number of aryl methyl sites for hydroxylation is 1. The molecule has 0 atom stereocenters. The molecule has 0 saturated carbocycles. The molecular formula is C20H17N3O2S2. The smallest absolute Gasteiger partial charge is 0.230 e. The average Bonchev–Trinajstić information content (AvgIpc) is 3.27. The number of amides is 1. The van der Waals surface area contributed by atoms with Gasteiger partial charge in [-0.05, 0) is 24.1 Å². The van der Waals surface area contributed by atoms with E-state index in [0.29, 0.717) is 5.13 Å². The summed E-state index contributed by atoms with van der Waals surface area (Å²) in [5.41, 5.74) is 4.02. The molecule has 7 heteroatoms. The Balaban J connectivity index is 1.36. The summed E-state index contributed by atoms with van der Waals surface area (Å²) in [7, 11) is 0. The number of nitrogens with one attached hydrogen (secondary N) is 1. The number of anilines is 1. The minimum Gasteiger partial charge on any atom is -0.464 e. The van der Waals surface area contributed by atoms with Gasteiger partial charge in [0.15, 0.2) is 4.34 Å². The minimum atomic E-state index is -0.131. The molecule has 1 N–H and O–H groups in total. The molecule has 0 aliphatic heterocycles. The van der Waals surface area contributed by atoms with Gasteiger partial charge >= 0.3 is 0 Å². The van der Waals surface area contributed by atoms with Gasteiger partial charge in [-0.1, -0.05) is 65.6 Å². The molecule has 4 rings (SSSR count). The summed E-state index contributed by atoms with van der Waals surface area (Å²) < 4.78 is 6.38. The molecule has 4 aromatic rings. The zero-order chi connectivity index (χ0) is 18.6. The Morgan fingerprint density at radius 2 is 2.04 bits per heavy atom. The molecule has 0 unspecified atom stereocenters. The molecule has 0 aliphatic rings. The third-order valence-electron chi connectivity index (χ3n) is 4.02. The van der Waals surface area contributed by atoms with Crippen LogP contribution in [0, 0.1) is 6.92 Å². The number of furan rings is 1. The Hall–Kier alpha value is -2.64. The van der Waals surface area contributed by atoms with Crippen molar-refractivity contribution in [2.24, 2.45) is 0 Å². The number of carbonyl (C=O) groups is 1. The monoisotopic (exact) mass is 395 g/mol. The summed E-state index contributed by atoms with van der Waals surface area (Å²) in [5, 5.41) is 12.5. The predicted octanol–water partition coefficient (Wildman–Crippen LogP) is 5.07. The third-order valence-corrected chi connectivity index (χ3v) is 6.06. The molecule has 2 heterocycles. The second-order valence-electron chi connectivity index (χ2n) is 6.13. The second-order valence-corrected chi connectivity index (χ2v) is 8.33. The molecular weight excluding hydrogens is 378 g/mol. The molecule has 0 aliphatic carbocycles. The fourth-order valence-corrected chi connectivity index (χ4v) is 4.43. The molecule has 0 spiro atoms. The number of nitrogens with zero attached hydrogens (tertiary/aromatic N) is 2. The van der Waals surface area contributed by atoms with Crippen LogP contribution >= 0.6 is 23.1 Å². The first-order valence-electron chi connectivity index (χ1n) is 8.44. The van der Waals surface area contributed by atoms with Crippen LogP contribution in [0.4, 0.5) is 5.13 Å². The van der Waals surface area contributed by atoms with E-state index in [0.717, 1.165) is 32.2 Å². The van der Waals surface area contributed by atoms with E-state index in [4.69, 9.17) is 4.42 Å². The van der Waals surface area contributed by atoms with Gasteiger partial charge in [0.2, 0.25) is 11.0 Å². The SMILES string of the molecule is Cc1ccc2c(CC(=O)Nc3nnc(SCc4ccccc4)s3)coc2c1. The Kier molecular flexibility index (Phi) is 5.22. The van der Waals surface area contributed by atoms with E-state index in [9.17, 15) is 4.79 Å². The fraction of sp³-hybridized carbons (Fsp3) is 0.150. The van der Waals surface area contributed by atoms with Crippen molar-refractivity contribution in [1.82, 2.24) is 10.2 Å². The number of aromatic nitrogens is 2. The lowest BCUT2D eigenvalue weighted by Crippen LogP contribution is -2.13. The van der Waals surface area contributed by atoms with E-state index >= 15 is 0 Å². The van der Waals surface area contributed by atoms with Crippen LogP contribution in [-0.2, 0) is 17.0 Å². The van der Waals surface area contributed by atoms with Gasteiger partial charge in [0.05, 0.1) is 12.7 Å². The molecule has 0 radical (unpaired) electrons. The first-order valence-corrected chi connectivity index (χ1v) is 10.2. The van der Waals surface area contributed by atoms with Gasteiger partial charge in [0.25, 0.3) is 0 Å². The topological polar surface area (TPSA) is 68.0 Å². The highest BCUT2D eigenvalue weighted by atomic mass is 32.2. The lowest BCUT2D eigenvalue weighted by atomic mass is 10.1. The molecule has 0 fully saturated rings. The quantitative estimate of drug-likeness (QED) is 0.365. The van der Waals surface area contributed by atoms with Crippen LogP contribution < -0.4 is 5.32 Å². The maximum absolute atomic E-state index is 12.4. The van der Waals surface area contributed by atoms with Gasteiger partial charge in [-0.25, -0.2) is 0 Å². The Morgan fingerprint density at radius 1 is 1.19 bits per heavy atom. The number of carbonyl (C=O) groups excluding carboxylic acids is 1. The summed E-state index contributed by atoms with van der Waals surface area (Å²) in [6, 6.07) is 16.2. The van der Waals surface area contributed by atoms with Crippen molar-refractivity contribution in [2.75, 3.05) is 5.32 Å². The van der Waals surface area contributed by atoms with Crippen molar-refractivity contribution in [3.05, 3.63) is 71.5 Å². The summed E-state index contributed by atoms with van der Waals surface area (Å²) in [4.78, 5) is 12.4. The predicted molar refractivity (Wildman–Crippen MR) is 109 cm³/mol. The van der Waals surface area contributed by atoms with Crippen LogP contribution in [0.2, 0.25) is 0 Å². The number of fused-ring (bicyclic) bond motifs is 1. The molecule has 136 valence electrons. The van der Waals surface area contributed by atoms with Crippen LogP contribution in [0.15, 0.2) is 63.6 Å². The van der Waals surface area contributed by atoms with E-state index in [1.807, 2.05) is 43.3 Å². The van der Waals surface area contributed by atoms with E-state index in [1.54, 1.807) is 18.0 Å². The van der Waals surface area contributed by atoms with Crippen molar-refractivity contribution in [2.45, 2.75) is 23.4 Å². The highest BCUT2D eigenvalue weighted by Crippen LogP contribution is 2.28. The summed E-state index contributed by atoms with van der Waals surface area (Å²) >= 11 is 2.99. The van der Waals surface area contributed by atoms with Crippen molar-refractivity contribution in [3.63, 3.8) is 0 Å². The Bertz CT molecular complexity index is 1070. The molecule has 0 bridgehead atoms. The van der Waals surface area contributed by atoms with E-state index in [1.165, 1.54) is 16.9 Å². The zero-order valence-electron chi connectivity index (χ0n) is 14.6. The summed E-state index contributed by atoms with van der Waals surface area (Å²) in [6.07, 6.45) is 1.88. The van der Waals surface area contributed by atoms with Crippen LogP contribution in [0.3, 0.4) is 0 Å². The maximum Gasteiger partial charge on any atom is 0.230 e.